The number of rotatable bonds is 6. The van der Waals surface area contributed by atoms with Gasteiger partial charge in [0, 0.05) is 30.5 Å². The average Bonchev–Trinajstić information content (AvgIpc) is 2.98. The van der Waals surface area contributed by atoms with Crippen molar-refractivity contribution in [3.8, 4) is 0 Å². The van der Waals surface area contributed by atoms with Gasteiger partial charge in [0.1, 0.15) is 0 Å². The van der Waals surface area contributed by atoms with Crippen LogP contribution in [-0.2, 0) is 11.2 Å². The molecule has 2 heterocycles. The van der Waals surface area contributed by atoms with E-state index in [0.29, 0.717) is 18.9 Å². The molecular formula is C13H21N3OS. The van der Waals surface area contributed by atoms with Crippen LogP contribution in [0, 0.1) is 12.8 Å². The third-order valence-electron chi connectivity index (χ3n) is 3.27. The minimum atomic E-state index is 0.176. The monoisotopic (exact) mass is 267 g/mol. The zero-order chi connectivity index (χ0) is 12.8. The number of hydrogen-bond acceptors (Lipinski definition) is 4. The molecule has 4 nitrogen and oxygen atoms in total. The summed E-state index contributed by atoms with van der Waals surface area (Å²) in [7, 11) is 0. The fourth-order valence-corrected chi connectivity index (χ4v) is 2.99. The first-order chi connectivity index (χ1) is 8.74. The molecule has 2 N–H and O–H groups in total. The predicted molar refractivity (Wildman–Crippen MR) is 73.8 cm³/mol. The van der Waals surface area contributed by atoms with E-state index in [2.05, 4.69) is 15.6 Å². The minimum absolute atomic E-state index is 0.176. The van der Waals surface area contributed by atoms with Gasteiger partial charge in [-0.3, -0.25) is 4.79 Å². The van der Waals surface area contributed by atoms with Crippen LogP contribution >= 0.6 is 11.3 Å². The van der Waals surface area contributed by atoms with Crippen LogP contribution in [0.25, 0.3) is 0 Å². The number of hydrogen-bond donors (Lipinski definition) is 2. The molecule has 1 aliphatic heterocycles. The number of amides is 1. The maximum atomic E-state index is 11.6. The van der Waals surface area contributed by atoms with Crippen LogP contribution in [0.1, 0.15) is 30.0 Å². The smallest absolute Gasteiger partial charge is 0.220 e. The van der Waals surface area contributed by atoms with Gasteiger partial charge in [-0.25, -0.2) is 4.98 Å². The highest BCUT2D eigenvalue weighted by molar-refractivity contribution is 7.09. The summed E-state index contributed by atoms with van der Waals surface area (Å²) in [4.78, 5) is 16.0. The van der Waals surface area contributed by atoms with Crippen molar-refractivity contribution in [1.82, 2.24) is 15.6 Å². The van der Waals surface area contributed by atoms with Gasteiger partial charge in [0.2, 0.25) is 5.91 Å². The molecule has 5 heteroatoms. The Morgan fingerprint density at radius 1 is 1.67 bits per heavy atom. The first-order valence-corrected chi connectivity index (χ1v) is 7.50. The summed E-state index contributed by atoms with van der Waals surface area (Å²) in [5.74, 6) is 0.868. The highest BCUT2D eigenvalue weighted by Crippen LogP contribution is 2.14. The van der Waals surface area contributed by atoms with E-state index in [0.717, 1.165) is 36.6 Å². The van der Waals surface area contributed by atoms with E-state index in [1.54, 1.807) is 11.3 Å². The molecular weight excluding hydrogens is 246 g/mol. The second-order valence-electron chi connectivity index (χ2n) is 4.88. The summed E-state index contributed by atoms with van der Waals surface area (Å²) in [5, 5.41) is 9.45. The van der Waals surface area contributed by atoms with Crippen molar-refractivity contribution in [1.29, 1.82) is 0 Å². The van der Waals surface area contributed by atoms with Crippen LogP contribution in [0.5, 0.6) is 0 Å². The van der Waals surface area contributed by atoms with Crippen molar-refractivity contribution in [2.45, 2.75) is 32.6 Å². The summed E-state index contributed by atoms with van der Waals surface area (Å²) in [6.45, 7) is 4.88. The van der Waals surface area contributed by atoms with Crippen LogP contribution < -0.4 is 10.6 Å². The van der Waals surface area contributed by atoms with Gasteiger partial charge >= 0.3 is 0 Å². The van der Waals surface area contributed by atoms with E-state index in [-0.39, 0.29) is 5.91 Å². The molecule has 100 valence electrons. The Balaban J connectivity index is 1.57. The van der Waals surface area contributed by atoms with Crippen molar-refractivity contribution in [3.05, 3.63) is 16.1 Å². The topological polar surface area (TPSA) is 54.0 Å². The first-order valence-electron chi connectivity index (χ1n) is 6.62. The lowest BCUT2D eigenvalue weighted by Gasteiger charge is -2.08. The molecule has 1 aromatic rings. The number of aromatic nitrogens is 1. The Bertz CT molecular complexity index is 385. The summed E-state index contributed by atoms with van der Waals surface area (Å²) in [5.41, 5.74) is 1.06. The molecule has 1 atom stereocenters. The molecule has 0 radical (unpaired) electrons. The first kappa shape index (κ1) is 13.5. The number of carbonyl (C=O) groups is 1. The molecule has 2 rings (SSSR count). The van der Waals surface area contributed by atoms with Gasteiger partial charge in [-0.15, -0.1) is 11.3 Å². The lowest BCUT2D eigenvalue weighted by Crippen LogP contribution is -2.26. The molecule has 1 saturated heterocycles. The molecule has 0 aliphatic carbocycles. The highest BCUT2D eigenvalue weighted by atomic mass is 32.1. The zero-order valence-corrected chi connectivity index (χ0v) is 11.7. The second kappa shape index (κ2) is 6.85. The van der Waals surface area contributed by atoms with Crippen molar-refractivity contribution in [2.75, 3.05) is 19.6 Å². The normalized spacial score (nSPS) is 19.1. The van der Waals surface area contributed by atoms with Crippen LogP contribution in [0.2, 0.25) is 0 Å². The van der Waals surface area contributed by atoms with Gasteiger partial charge in [-0.05, 0) is 38.8 Å². The van der Waals surface area contributed by atoms with Crippen LogP contribution in [0.15, 0.2) is 5.38 Å². The maximum Gasteiger partial charge on any atom is 0.220 e. The highest BCUT2D eigenvalue weighted by Gasteiger charge is 2.15. The second-order valence-corrected chi connectivity index (χ2v) is 5.82. The number of carbonyl (C=O) groups excluding carboxylic acids is 1. The molecule has 1 aromatic heterocycles. The van der Waals surface area contributed by atoms with Gasteiger partial charge in [-0.1, -0.05) is 0 Å². The van der Waals surface area contributed by atoms with E-state index < -0.39 is 0 Å². The quantitative estimate of drug-likeness (QED) is 0.821. The molecule has 0 aromatic carbocycles. The van der Waals surface area contributed by atoms with Gasteiger partial charge < -0.3 is 10.6 Å². The van der Waals surface area contributed by atoms with Crippen molar-refractivity contribution in [2.24, 2.45) is 5.92 Å². The Morgan fingerprint density at radius 2 is 2.56 bits per heavy atom. The Hall–Kier alpha value is -0.940. The Labute approximate surface area is 112 Å². The van der Waals surface area contributed by atoms with E-state index in [9.17, 15) is 4.79 Å². The van der Waals surface area contributed by atoms with Crippen molar-refractivity contribution >= 4 is 17.2 Å². The standard InChI is InChI=1S/C13H21N3OS/c1-10-9-18-13(16-10)5-7-15-12(17)3-2-11-4-6-14-8-11/h9,11,14H,2-8H2,1H3,(H,15,17). The van der Waals surface area contributed by atoms with E-state index in [4.69, 9.17) is 0 Å². The molecule has 18 heavy (non-hydrogen) atoms. The van der Waals surface area contributed by atoms with Crippen LogP contribution in [0.3, 0.4) is 0 Å². The van der Waals surface area contributed by atoms with E-state index in [1.807, 2.05) is 12.3 Å². The summed E-state index contributed by atoms with van der Waals surface area (Å²) < 4.78 is 0. The van der Waals surface area contributed by atoms with E-state index >= 15 is 0 Å². The van der Waals surface area contributed by atoms with E-state index in [1.165, 1.54) is 6.42 Å². The van der Waals surface area contributed by atoms with Crippen molar-refractivity contribution in [3.63, 3.8) is 0 Å². The number of nitrogens with one attached hydrogen (secondary N) is 2. The minimum Gasteiger partial charge on any atom is -0.356 e. The molecule has 0 spiro atoms. The number of aryl methyl sites for hydroxylation is 1. The van der Waals surface area contributed by atoms with Crippen molar-refractivity contribution < 1.29 is 4.79 Å². The third-order valence-corrected chi connectivity index (χ3v) is 4.30. The van der Waals surface area contributed by atoms with Crippen LogP contribution in [0.4, 0.5) is 0 Å². The zero-order valence-electron chi connectivity index (χ0n) is 10.9. The average molecular weight is 267 g/mol. The van der Waals surface area contributed by atoms with Crippen LogP contribution in [-0.4, -0.2) is 30.5 Å². The lowest BCUT2D eigenvalue weighted by molar-refractivity contribution is -0.121. The molecule has 0 bridgehead atoms. The van der Waals surface area contributed by atoms with Gasteiger partial charge in [0.15, 0.2) is 0 Å². The fraction of sp³-hybridized carbons (Fsp3) is 0.692. The molecule has 1 aliphatic rings. The SMILES string of the molecule is Cc1csc(CCNC(=O)CCC2CCNC2)n1. The largest absolute Gasteiger partial charge is 0.356 e. The Morgan fingerprint density at radius 3 is 3.22 bits per heavy atom. The molecule has 0 saturated carbocycles. The summed E-state index contributed by atoms with van der Waals surface area (Å²) >= 11 is 1.66. The van der Waals surface area contributed by atoms with Gasteiger partial charge in [-0.2, -0.15) is 0 Å². The number of thiazole rings is 1. The summed E-state index contributed by atoms with van der Waals surface area (Å²) in [6, 6.07) is 0. The molecule has 1 amide bonds. The van der Waals surface area contributed by atoms with Gasteiger partial charge in [0.05, 0.1) is 5.01 Å². The molecule has 1 unspecified atom stereocenters. The number of nitrogens with zero attached hydrogens (tertiary/aromatic N) is 1. The van der Waals surface area contributed by atoms with Gasteiger partial charge in [0.25, 0.3) is 0 Å². The maximum absolute atomic E-state index is 11.6. The molecule has 1 fully saturated rings. The predicted octanol–water partition coefficient (Wildman–Crippen LogP) is 1.50. The lowest BCUT2D eigenvalue weighted by atomic mass is 10.0. The Kier molecular flexibility index (Phi) is 5.13. The third kappa shape index (κ3) is 4.38. The summed E-state index contributed by atoms with van der Waals surface area (Å²) in [6.07, 6.45) is 3.72. The fourth-order valence-electron chi connectivity index (χ4n) is 2.21.